The molecule has 1 aromatic carbocycles. The Bertz CT molecular complexity index is 802. The number of rotatable bonds is 6. The van der Waals surface area contributed by atoms with Gasteiger partial charge >= 0.3 is 0 Å². The highest BCUT2D eigenvalue weighted by atomic mass is 32.2. The van der Waals surface area contributed by atoms with Crippen LogP contribution in [-0.4, -0.2) is 17.7 Å². The van der Waals surface area contributed by atoms with Crippen molar-refractivity contribution in [2.45, 2.75) is 87.5 Å². The van der Waals surface area contributed by atoms with Crippen LogP contribution in [0.5, 0.6) is 0 Å². The number of thioether (sulfide) groups is 1. The summed E-state index contributed by atoms with van der Waals surface area (Å²) in [5.41, 5.74) is 6.24. The van der Waals surface area contributed by atoms with Gasteiger partial charge in [-0.05, 0) is 58.9 Å². The van der Waals surface area contributed by atoms with Gasteiger partial charge in [0, 0.05) is 16.8 Å². The first-order valence-corrected chi connectivity index (χ1v) is 13.2. The highest BCUT2D eigenvalue weighted by Gasteiger charge is 2.10. The van der Waals surface area contributed by atoms with Gasteiger partial charge in [-0.3, -0.25) is 4.99 Å². The van der Waals surface area contributed by atoms with Crippen LogP contribution in [0.15, 0.2) is 63.6 Å². The number of hydrogen-bond acceptors (Lipinski definition) is 3. The molecule has 0 atom stereocenters. The second-order valence-electron chi connectivity index (χ2n) is 8.24. The lowest BCUT2D eigenvalue weighted by Crippen LogP contribution is -2.01. The molecule has 0 aromatic heterocycles. The molecule has 0 radical (unpaired) electrons. The first-order chi connectivity index (χ1) is 15.3. The van der Waals surface area contributed by atoms with Gasteiger partial charge in [0.05, 0.1) is 16.4 Å². The van der Waals surface area contributed by atoms with E-state index in [0.29, 0.717) is 0 Å². The number of aryl methyl sites for hydroxylation is 1. The molecule has 1 saturated carbocycles. The average Bonchev–Trinajstić information content (AvgIpc) is 2.79. The van der Waals surface area contributed by atoms with E-state index in [1.165, 1.54) is 37.7 Å². The highest BCUT2D eigenvalue weighted by Crippen LogP contribution is 2.25. The number of nitrogens with zero attached hydrogens (tertiary/aromatic N) is 2. The molecule has 1 aliphatic rings. The molecule has 0 N–H and O–H groups in total. The Morgan fingerprint density at radius 2 is 1.69 bits per heavy atom. The minimum atomic E-state index is 0.790. The summed E-state index contributed by atoms with van der Waals surface area (Å²) in [5.74, 6) is 1.04. The normalized spacial score (nSPS) is 15.1. The van der Waals surface area contributed by atoms with E-state index in [1.54, 1.807) is 11.8 Å². The number of aliphatic imine (C=N–C) groups is 2. The van der Waals surface area contributed by atoms with E-state index in [2.05, 4.69) is 56.6 Å². The third kappa shape index (κ3) is 12.2. The molecule has 32 heavy (non-hydrogen) atoms. The molecular weight excluding hydrogens is 408 g/mol. The molecule has 178 valence electrons. The molecule has 0 aliphatic heterocycles. The van der Waals surface area contributed by atoms with Gasteiger partial charge in [-0.1, -0.05) is 89.3 Å². The summed E-state index contributed by atoms with van der Waals surface area (Å²) in [6, 6.07) is 8.40. The Balaban J connectivity index is 0.000000889. The molecule has 0 amide bonds. The fourth-order valence-corrected chi connectivity index (χ4v) is 3.58. The molecule has 0 spiro atoms. The van der Waals surface area contributed by atoms with E-state index in [1.807, 2.05) is 53.0 Å². The van der Waals surface area contributed by atoms with Gasteiger partial charge in [-0.15, -0.1) is 11.8 Å². The van der Waals surface area contributed by atoms with E-state index in [0.717, 1.165) is 39.2 Å². The third-order valence-corrected chi connectivity index (χ3v) is 5.63. The molecule has 1 aromatic rings. The van der Waals surface area contributed by atoms with Gasteiger partial charge < -0.3 is 0 Å². The Kier molecular flexibility index (Phi) is 16.6. The van der Waals surface area contributed by atoms with Gasteiger partial charge in [0.15, 0.2) is 0 Å². The zero-order valence-electron chi connectivity index (χ0n) is 22.1. The maximum atomic E-state index is 4.77. The van der Waals surface area contributed by atoms with Crippen LogP contribution in [0.25, 0.3) is 5.70 Å². The lowest BCUT2D eigenvalue weighted by atomic mass is 9.91. The minimum absolute atomic E-state index is 0.790. The van der Waals surface area contributed by atoms with E-state index in [4.69, 9.17) is 4.99 Å². The van der Waals surface area contributed by atoms with Crippen LogP contribution >= 0.6 is 11.8 Å². The standard InChI is InChI=1S/C20H26N2S.C7H14.C2H6/c1-8-10-19(22-17(6)23-7)16(5)20(21-14(2)3)18-12-9-11-15(4)13-18;1-7-5-3-2-4-6-7;1-2/h8-13H,6H2,1-5,7H3;7H,2-6H2,1H3;1-2H3/b10-8-,20-16+,22-19+;;. The summed E-state index contributed by atoms with van der Waals surface area (Å²) in [7, 11) is 0. The molecule has 0 unspecified atom stereocenters. The van der Waals surface area contributed by atoms with Crippen molar-refractivity contribution < 1.29 is 0 Å². The summed E-state index contributed by atoms with van der Waals surface area (Å²) in [6.07, 6.45) is 13.4. The molecule has 0 heterocycles. The average molecular weight is 455 g/mol. The molecule has 1 fully saturated rings. The molecule has 2 nitrogen and oxygen atoms in total. The Hall–Kier alpha value is -1.87. The van der Waals surface area contributed by atoms with Gasteiger partial charge in [0.1, 0.15) is 0 Å². The van der Waals surface area contributed by atoms with Crippen molar-refractivity contribution in [2.24, 2.45) is 15.9 Å². The second kappa shape index (κ2) is 17.7. The zero-order chi connectivity index (χ0) is 24.5. The predicted octanol–water partition coefficient (Wildman–Crippen LogP) is 9.67. The smallest absolute Gasteiger partial charge is 0.0892 e. The fraction of sp³-hybridized carbons (Fsp3) is 0.517. The van der Waals surface area contributed by atoms with Crippen molar-refractivity contribution >= 4 is 28.9 Å². The van der Waals surface area contributed by atoms with Crippen molar-refractivity contribution in [3.63, 3.8) is 0 Å². The van der Waals surface area contributed by atoms with Crippen molar-refractivity contribution in [1.82, 2.24) is 0 Å². The van der Waals surface area contributed by atoms with Crippen LogP contribution in [0.2, 0.25) is 0 Å². The van der Waals surface area contributed by atoms with Crippen molar-refractivity contribution in [3.8, 4) is 0 Å². The van der Waals surface area contributed by atoms with E-state index in [-0.39, 0.29) is 0 Å². The quantitative estimate of drug-likeness (QED) is 0.392. The number of benzene rings is 1. The lowest BCUT2D eigenvalue weighted by molar-refractivity contribution is 0.385. The van der Waals surface area contributed by atoms with E-state index in [9.17, 15) is 0 Å². The van der Waals surface area contributed by atoms with Gasteiger partial charge in [0.25, 0.3) is 0 Å². The van der Waals surface area contributed by atoms with Crippen molar-refractivity contribution in [1.29, 1.82) is 0 Å². The van der Waals surface area contributed by atoms with Crippen molar-refractivity contribution in [2.75, 3.05) is 6.26 Å². The number of allylic oxidation sites excluding steroid dienone is 3. The molecule has 3 heteroatoms. The monoisotopic (exact) mass is 454 g/mol. The summed E-state index contributed by atoms with van der Waals surface area (Å²) in [4.78, 5) is 9.40. The van der Waals surface area contributed by atoms with Crippen LogP contribution in [-0.2, 0) is 0 Å². The van der Waals surface area contributed by atoms with E-state index < -0.39 is 0 Å². The summed E-state index contributed by atoms with van der Waals surface area (Å²) >= 11 is 1.55. The van der Waals surface area contributed by atoms with Crippen LogP contribution in [0, 0.1) is 12.8 Å². The van der Waals surface area contributed by atoms with Crippen LogP contribution < -0.4 is 0 Å². The lowest BCUT2D eigenvalue weighted by Gasteiger charge is -2.15. The molecule has 0 bridgehead atoms. The first-order valence-electron chi connectivity index (χ1n) is 12.0. The SMILES string of the molecule is C=C(/N=C(\C=C/C)C(/C)=C(/N=C(C)C)c1cccc(C)c1)SC.CC.CC1CCCCC1. The zero-order valence-corrected chi connectivity index (χ0v) is 22.9. The highest BCUT2D eigenvalue weighted by molar-refractivity contribution is 8.02. The largest absolute Gasteiger partial charge is 0.257 e. The topological polar surface area (TPSA) is 24.7 Å². The summed E-state index contributed by atoms with van der Waals surface area (Å²) < 4.78 is 0. The Morgan fingerprint density at radius 1 is 1.06 bits per heavy atom. The van der Waals surface area contributed by atoms with Gasteiger partial charge in [-0.2, -0.15) is 0 Å². The van der Waals surface area contributed by atoms with E-state index >= 15 is 0 Å². The van der Waals surface area contributed by atoms with Crippen molar-refractivity contribution in [3.05, 3.63) is 64.7 Å². The van der Waals surface area contributed by atoms with Crippen LogP contribution in [0.1, 0.15) is 91.7 Å². The van der Waals surface area contributed by atoms with Gasteiger partial charge in [0.2, 0.25) is 0 Å². The maximum absolute atomic E-state index is 4.77. The maximum Gasteiger partial charge on any atom is 0.0892 e. The molecule has 1 aliphatic carbocycles. The molecular formula is C29H46N2S. The van der Waals surface area contributed by atoms with Gasteiger partial charge in [-0.25, -0.2) is 4.99 Å². The van der Waals surface area contributed by atoms with Crippen LogP contribution in [0.4, 0.5) is 0 Å². The Labute approximate surface area is 203 Å². The second-order valence-corrected chi connectivity index (χ2v) is 9.12. The first kappa shape index (κ1) is 30.1. The van der Waals surface area contributed by atoms with Crippen LogP contribution in [0.3, 0.4) is 0 Å². The minimum Gasteiger partial charge on any atom is -0.257 e. The third-order valence-electron chi connectivity index (χ3n) is 5.07. The number of hydrogen-bond donors (Lipinski definition) is 0. The fourth-order valence-electron chi connectivity index (χ4n) is 3.39. The predicted molar refractivity (Wildman–Crippen MR) is 151 cm³/mol. The molecule has 2 rings (SSSR count). The Morgan fingerprint density at radius 3 is 2.12 bits per heavy atom. The molecule has 0 saturated heterocycles. The summed E-state index contributed by atoms with van der Waals surface area (Å²) in [6.45, 7) is 20.5. The summed E-state index contributed by atoms with van der Waals surface area (Å²) in [5, 5.41) is 0.790.